The minimum atomic E-state index is -5.36. The number of carbonyl (C=O) groups excluding carboxylic acids is 2. The molecule has 1 amide bonds. The average Bonchev–Trinajstić information content (AvgIpc) is 2.81. The Morgan fingerprint density at radius 2 is 1.81 bits per heavy atom. The minimum absolute atomic E-state index is 0.160. The van der Waals surface area contributed by atoms with Crippen LogP contribution in [0.4, 0.5) is 22.0 Å². The zero-order valence-electron chi connectivity index (χ0n) is 19.7. The van der Waals surface area contributed by atoms with Gasteiger partial charge < -0.3 is 19.4 Å². The fourth-order valence-corrected chi connectivity index (χ4v) is 3.72. The first-order chi connectivity index (χ1) is 17.3. The van der Waals surface area contributed by atoms with Crippen LogP contribution in [0.5, 0.6) is 0 Å². The summed E-state index contributed by atoms with van der Waals surface area (Å²) in [5, 5.41) is 0.441. The lowest BCUT2D eigenvalue weighted by Gasteiger charge is -2.41. The number of benzene rings is 1. The van der Waals surface area contributed by atoms with Gasteiger partial charge >= 0.3 is 12.1 Å². The number of ether oxygens (including phenoxy) is 1. The normalized spacial score (nSPS) is 16.5. The number of alkyl halides is 3. The van der Waals surface area contributed by atoms with Gasteiger partial charge in [0.25, 0.3) is 5.91 Å². The first-order valence-electron chi connectivity index (χ1n) is 10.6. The third kappa shape index (κ3) is 6.91. The van der Waals surface area contributed by atoms with E-state index in [0.717, 1.165) is 17.0 Å². The predicted molar refractivity (Wildman–Crippen MR) is 121 cm³/mol. The maximum absolute atomic E-state index is 14.0. The van der Waals surface area contributed by atoms with E-state index in [4.69, 9.17) is 4.74 Å². The van der Waals surface area contributed by atoms with Gasteiger partial charge in [-0.1, -0.05) is 0 Å². The highest BCUT2D eigenvalue weighted by Crippen LogP contribution is 2.33. The number of halogens is 6. The molecule has 0 saturated carbocycles. The second kappa shape index (κ2) is 11.4. The van der Waals surface area contributed by atoms with Crippen LogP contribution in [-0.4, -0.2) is 63.1 Å². The highest BCUT2D eigenvalue weighted by molar-refractivity contribution is 9.12. The van der Waals surface area contributed by atoms with Crippen LogP contribution in [0.2, 0.25) is 0 Å². The van der Waals surface area contributed by atoms with Gasteiger partial charge in [-0.05, 0) is 49.1 Å². The van der Waals surface area contributed by atoms with Gasteiger partial charge in [0.15, 0.2) is 0 Å². The van der Waals surface area contributed by atoms with Crippen molar-refractivity contribution in [2.75, 3.05) is 14.1 Å². The molecule has 200 valence electrons. The van der Waals surface area contributed by atoms with Gasteiger partial charge in [-0.25, -0.2) is 13.6 Å². The quantitative estimate of drug-likeness (QED) is 0.429. The van der Waals surface area contributed by atoms with Crippen molar-refractivity contribution in [3.8, 4) is 0 Å². The summed E-state index contributed by atoms with van der Waals surface area (Å²) in [5.41, 5.74) is 0.798. The Balaban J connectivity index is 1.90. The molecule has 3 rings (SSSR count). The molecule has 1 unspecified atom stereocenters. The number of hydrogen-bond acceptors (Lipinski definition) is 8. The van der Waals surface area contributed by atoms with Crippen molar-refractivity contribution in [3.63, 3.8) is 0 Å². The standard InChI is InChI=1S/C22H21BrF5N5O4/c1-12-32(10-16-8-29-15(7-30-16)9-31(2)3)19(34)18(23)20(33(12)37-21(35)22(26,27)28)36-11-13-4-5-14(24)6-17(13)25/h4-8,12H,9-11H2,1-3H3. The van der Waals surface area contributed by atoms with Gasteiger partial charge in [-0.15, -0.1) is 5.06 Å². The molecule has 1 aliphatic rings. The van der Waals surface area contributed by atoms with Crippen LogP contribution in [0.3, 0.4) is 0 Å². The summed E-state index contributed by atoms with van der Waals surface area (Å²) in [7, 11) is 3.68. The lowest BCUT2D eigenvalue weighted by molar-refractivity contribution is -0.258. The topological polar surface area (TPSA) is 88.1 Å². The van der Waals surface area contributed by atoms with Gasteiger partial charge in [-0.3, -0.25) is 14.8 Å². The van der Waals surface area contributed by atoms with Crippen LogP contribution < -0.4 is 0 Å². The number of amides is 1. The largest absolute Gasteiger partial charge is 0.493 e. The number of hydroxylamine groups is 2. The third-order valence-corrected chi connectivity index (χ3v) is 5.67. The molecule has 2 heterocycles. The molecule has 1 aromatic carbocycles. The summed E-state index contributed by atoms with van der Waals surface area (Å²) in [6.07, 6.45) is -3.77. The van der Waals surface area contributed by atoms with Crippen molar-refractivity contribution in [3.05, 3.63) is 69.5 Å². The Morgan fingerprint density at radius 3 is 2.38 bits per heavy atom. The molecular weight excluding hydrogens is 573 g/mol. The molecule has 1 aromatic heterocycles. The molecule has 9 nitrogen and oxygen atoms in total. The molecule has 15 heteroatoms. The molecule has 0 radical (unpaired) electrons. The molecule has 0 saturated heterocycles. The summed E-state index contributed by atoms with van der Waals surface area (Å²) in [5.74, 6) is -5.75. The van der Waals surface area contributed by atoms with Crippen molar-refractivity contribution in [1.29, 1.82) is 0 Å². The molecule has 2 aromatic rings. The highest BCUT2D eigenvalue weighted by Gasteiger charge is 2.47. The van der Waals surface area contributed by atoms with Gasteiger partial charge in [0.1, 0.15) is 28.9 Å². The summed E-state index contributed by atoms with van der Waals surface area (Å²) >= 11 is 2.98. The Bertz CT molecular complexity index is 1190. The Labute approximate surface area is 216 Å². The van der Waals surface area contributed by atoms with Crippen molar-refractivity contribution in [2.24, 2.45) is 0 Å². The Kier molecular flexibility index (Phi) is 8.68. The van der Waals surface area contributed by atoms with E-state index in [1.165, 1.54) is 19.3 Å². The summed E-state index contributed by atoms with van der Waals surface area (Å²) in [6.45, 7) is 0.980. The van der Waals surface area contributed by atoms with E-state index in [1.807, 2.05) is 19.0 Å². The van der Waals surface area contributed by atoms with E-state index in [0.29, 0.717) is 29.1 Å². The van der Waals surface area contributed by atoms with E-state index in [-0.39, 0.29) is 12.1 Å². The van der Waals surface area contributed by atoms with Crippen LogP contribution in [0, 0.1) is 11.6 Å². The zero-order valence-corrected chi connectivity index (χ0v) is 21.3. The van der Waals surface area contributed by atoms with Gasteiger partial charge in [0, 0.05) is 18.2 Å². The molecule has 0 bridgehead atoms. The van der Waals surface area contributed by atoms with E-state index in [2.05, 4.69) is 30.7 Å². The van der Waals surface area contributed by atoms with Crippen LogP contribution in [0.1, 0.15) is 23.9 Å². The first-order valence-corrected chi connectivity index (χ1v) is 11.4. The van der Waals surface area contributed by atoms with Crippen molar-refractivity contribution in [2.45, 2.75) is 39.0 Å². The van der Waals surface area contributed by atoms with Crippen LogP contribution in [0.25, 0.3) is 0 Å². The number of hydrogen-bond donors (Lipinski definition) is 0. The monoisotopic (exact) mass is 593 g/mol. The maximum atomic E-state index is 14.0. The number of aromatic nitrogens is 2. The van der Waals surface area contributed by atoms with Crippen LogP contribution in [0.15, 0.2) is 41.0 Å². The fraction of sp³-hybridized carbons (Fsp3) is 0.364. The third-order valence-electron chi connectivity index (χ3n) is 4.99. The Morgan fingerprint density at radius 1 is 1.16 bits per heavy atom. The number of rotatable bonds is 8. The summed E-state index contributed by atoms with van der Waals surface area (Å²) in [4.78, 5) is 40.7. The van der Waals surface area contributed by atoms with Crippen molar-refractivity contribution in [1.82, 2.24) is 24.8 Å². The van der Waals surface area contributed by atoms with Crippen LogP contribution >= 0.6 is 15.9 Å². The predicted octanol–water partition coefficient (Wildman–Crippen LogP) is 3.61. The molecule has 1 aliphatic heterocycles. The van der Waals surface area contributed by atoms with E-state index in [9.17, 15) is 31.5 Å². The SMILES string of the molecule is CC1N(Cc2cnc(CN(C)C)cn2)C(=O)C(Br)=C(OCc2ccc(F)cc2F)N1OC(=O)C(F)(F)F. The smallest absolute Gasteiger partial charge is 0.471 e. The second-order valence-corrected chi connectivity index (χ2v) is 8.94. The molecule has 37 heavy (non-hydrogen) atoms. The van der Waals surface area contributed by atoms with Crippen LogP contribution in [-0.2, 0) is 38.9 Å². The highest BCUT2D eigenvalue weighted by atomic mass is 79.9. The first kappa shape index (κ1) is 28.2. The Hall–Kier alpha value is -3.33. The molecule has 0 spiro atoms. The molecule has 1 atom stereocenters. The van der Waals surface area contributed by atoms with E-state index >= 15 is 0 Å². The maximum Gasteiger partial charge on any atom is 0.493 e. The fourth-order valence-electron chi connectivity index (χ4n) is 3.20. The lowest BCUT2D eigenvalue weighted by atomic mass is 10.2. The van der Waals surface area contributed by atoms with Gasteiger partial charge in [-0.2, -0.15) is 13.2 Å². The summed E-state index contributed by atoms with van der Waals surface area (Å²) in [6, 6.07) is 2.60. The van der Waals surface area contributed by atoms with Gasteiger partial charge in [0.05, 0.1) is 30.3 Å². The number of nitrogens with zero attached hydrogens (tertiary/aromatic N) is 5. The molecule has 0 aliphatic carbocycles. The van der Waals surface area contributed by atoms with Crippen molar-refractivity contribution >= 4 is 27.8 Å². The average molecular weight is 594 g/mol. The molecule has 0 N–H and O–H groups in total. The lowest BCUT2D eigenvalue weighted by Crippen LogP contribution is -2.54. The summed E-state index contributed by atoms with van der Waals surface area (Å²) < 4.78 is 71.2. The van der Waals surface area contributed by atoms with Crippen molar-refractivity contribution < 1.29 is 41.1 Å². The molecule has 0 fully saturated rings. The second-order valence-electron chi connectivity index (χ2n) is 8.15. The van der Waals surface area contributed by atoms with Gasteiger partial charge in [0.2, 0.25) is 5.88 Å². The molecular formula is C22H21BrF5N5O4. The zero-order chi connectivity index (χ0) is 27.5. The van der Waals surface area contributed by atoms with E-state index < -0.39 is 52.8 Å². The minimum Gasteiger partial charge on any atom is -0.471 e. The van der Waals surface area contributed by atoms with E-state index in [1.54, 1.807) is 0 Å². The number of carbonyl (C=O) groups is 2.